The Morgan fingerprint density at radius 1 is 1.21 bits per heavy atom. The quantitative estimate of drug-likeness (QED) is 0.611. The van der Waals surface area contributed by atoms with Gasteiger partial charge in [0.25, 0.3) is 0 Å². The van der Waals surface area contributed by atoms with Crippen molar-refractivity contribution in [1.82, 2.24) is 4.98 Å². The van der Waals surface area contributed by atoms with Crippen molar-refractivity contribution < 1.29 is 9.21 Å². The van der Waals surface area contributed by atoms with E-state index in [9.17, 15) is 4.79 Å². The number of carbonyl (C=O) groups is 1. The summed E-state index contributed by atoms with van der Waals surface area (Å²) in [6, 6.07) is 10.5. The van der Waals surface area contributed by atoms with Crippen LogP contribution in [0.15, 0.2) is 40.8 Å². The number of nitrogens with one attached hydrogen (secondary N) is 1. The lowest BCUT2D eigenvalue weighted by Crippen LogP contribution is -2.10. The van der Waals surface area contributed by atoms with Gasteiger partial charge >= 0.3 is 0 Å². The van der Waals surface area contributed by atoms with Crippen LogP contribution in [0.2, 0.25) is 10.0 Å². The van der Waals surface area contributed by atoms with E-state index in [-0.39, 0.29) is 5.91 Å². The second-order valence-electron chi connectivity index (χ2n) is 5.48. The Balaban J connectivity index is 1.91. The molecule has 1 N–H and O–H groups in total. The molecule has 0 aliphatic heterocycles. The van der Waals surface area contributed by atoms with E-state index >= 15 is 0 Å². The summed E-state index contributed by atoms with van der Waals surface area (Å²) in [5.41, 5.74) is 2.57. The molecule has 0 atom stereocenters. The van der Waals surface area contributed by atoms with Crippen LogP contribution in [0, 0.1) is 0 Å². The maximum atomic E-state index is 11.9. The highest BCUT2D eigenvalue weighted by Crippen LogP contribution is 2.33. The molecule has 0 saturated heterocycles. The number of benzene rings is 2. The summed E-state index contributed by atoms with van der Waals surface area (Å²) in [6.07, 6.45) is 2.33. The number of aromatic nitrogens is 1. The highest BCUT2D eigenvalue weighted by atomic mass is 35.5. The zero-order chi connectivity index (χ0) is 17.1. The summed E-state index contributed by atoms with van der Waals surface area (Å²) in [6.45, 7) is 2.05. The van der Waals surface area contributed by atoms with Crippen LogP contribution in [-0.4, -0.2) is 10.9 Å². The molecule has 0 aliphatic carbocycles. The molecule has 0 aliphatic rings. The first kappa shape index (κ1) is 16.8. The van der Waals surface area contributed by atoms with E-state index in [1.165, 1.54) is 0 Å². The molecule has 0 saturated carbocycles. The molecular weight excluding hydrogens is 347 g/mol. The fraction of sp³-hybridized carbons (Fsp3) is 0.222. The standard InChI is InChI=1S/C18H16Cl2N2O2/c1-2-3-4-17(23)21-12-6-7-14(20)13(10-12)18-22-15-9-11(19)5-8-16(15)24-18/h5-10H,2-4H2,1H3,(H,21,23). The van der Waals surface area contributed by atoms with Crippen LogP contribution >= 0.6 is 23.2 Å². The van der Waals surface area contributed by atoms with Gasteiger partial charge in [-0.25, -0.2) is 4.98 Å². The minimum absolute atomic E-state index is 0.0190. The average Bonchev–Trinajstić information content (AvgIpc) is 2.97. The minimum Gasteiger partial charge on any atom is -0.436 e. The Kier molecular flexibility index (Phi) is 5.07. The summed E-state index contributed by atoms with van der Waals surface area (Å²) in [7, 11) is 0. The molecule has 4 nitrogen and oxygen atoms in total. The van der Waals surface area contributed by atoms with Gasteiger partial charge in [-0.3, -0.25) is 4.79 Å². The van der Waals surface area contributed by atoms with E-state index in [0.717, 1.165) is 12.8 Å². The number of nitrogens with zero attached hydrogens (tertiary/aromatic N) is 1. The zero-order valence-electron chi connectivity index (χ0n) is 13.1. The van der Waals surface area contributed by atoms with Crippen molar-refractivity contribution in [1.29, 1.82) is 0 Å². The van der Waals surface area contributed by atoms with Crippen molar-refractivity contribution in [2.45, 2.75) is 26.2 Å². The molecule has 1 heterocycles. The third-order valence-corrected chi connectivity index (χ3v) is 4.15. The number of hydrogen-bond acceptors (Lipinski definition) is 3. The highest BCUT2D eigenvalue weighted by molar-refractivity contribution is 6.33. The molecule has 124 valence electrons. The first-order valence-electron chi connectivity index (χ1n) is 7.72. The van der Waals surface area contributed by atoms with Crippen molar-refractivity contribution in [3.05, 3.63) is 46.4 Å². The van der Waals surface area contributed by atoms with Gasteiger partial charge in [-0.1, -0.05) is 36.5 Å². The van der Waals surface area contributed by atoms with E-state index in [1.54, 1.807) is 36.4 Å². The lowest BCUT2D eigenvalue weighted by Gasteiger charge is -2.07. The monoisotopic (exact) mass is 362 g/mol. The fourth-order valence-corrected chi connectivity index (χ4v) is 2.71. The molecule has 1 aromatic heterocycles. The Hall–Kier alpha value is -2.04. The van der Waals surface area contributed by atoms with Crippen LogP contribution in [0.4, 0.5) is 5.69 Å². The van der Waals surface area contributed by atoms with Crippen molar-refractivity contribution in [2.75, 3.05) is 5.32 Å². The molecule has 0 unspecified atom stereocenters. The summed E-state index contributed by atoms with van der Waals surface area (Å²) in [5, 5.41) is 3.96. The normalized spacial score (nSPS) is 11.0. The number of hydrogen-bond donors (Lipinski definition) is 1. The van der Waals surface area contributed by atoms with Crippen LogP contribution in [-0.2, 0) is 4.79 Å². The number of amides is 1. The molecule has 0 bridgehead atoms. The fourth-order valence-electron chi connectivity index (χ4n) is 2.34. The van der Waals surface area contributed by atoms with Crippen LogP contribution in [0.5, 0.6) is 0 Å². The number of halogens is 2. The number of rotatable bonds is 5. The van der Waals surface area contributed by atoms with Gasteiger partial charge in [0.2, 0.25) is 11.8 Å². The number of oxazole rings is 1. The van der Waals surface area contributed by atoms with Crippen molar-refractivity contribution in [2.24, 2.45) is 0 Å². The zero-order valence-corrected chi connectivity index (χ0v) is 14.6. The summed E-state index contributed by atoms with van der Waals surface area (Å²) in [4.78, 5) is 16.3. The second kappa shape index (κ2) is 7.24. The number of fused-ring (bicyclic) bond motifs is 1. The van der Waals surface area contributed by atoms with Gasteiger partial charge in [0.15, 0.2) is 5.58 Å². The smallest absolute Gasteiger partial charge is 0.228 e. The number of unbranched alkanes of at least 4 members (excludes halogenated alkanes) is 1. The molecule has 6 heteroatoms. The van der Waals surface area contributed by atoms with Gasteiger partial charge in [-0.15, -0.1) is 0 Å². The topological polar surface area (TPSA) is 55.1 Å². The maximum absolute atomic E-state index is 11.9. The van der Waals surface area contributed by atoms with Crippen LogP contribution in [0.25, 0.3) is 22.6 Å². The summed E-state index contributed by atoms with van der Waals surface area (Å²) in [5.74, 6) is 0.372. The number of carbonyl (C=O) groups excluding carboxylic acids is 1. The SMILES string of the molecule is CCCCC(=O)Nc1ccc(Cl)c(-c2nc3cc(Cl)ccc3o2)c1. The first-order chi connectivity index (χ1) is 11.6. The lowest BCUT2D eigenvalue weighted by molar-refractivity contribution is -0.116. The largest absolute Gasteiger partial charge is 0.436 e. The number of anilines is 1. The Labute approximate surface area is 149 Å². The van der Waals surface area contributed by atoms with E-state index in [4.69, 9.17) is 27.6 Å². The highest BCUT2D eigenvalue weighted by Gasteiger charge is 2.13. The molecular formula is C18H16Cl2N2O2. The van der Waals surface area contributed by atoms with E-state index in [1.807, 2.05) is 6.92 Å². The molecule has 1 amide bonds. The van der Waals surface area contributed by atoms with Crippen molar-refractivity contribution in [3.8, 4) is 11.5 Å². The first-order valence-corrected chi connectivity index (χ1v) is 8.48. The van der Waals surface area contributed by atoms with Crippen LogP contribution < -0.4 is 5.32 Å². The Morgan fingerprint density at radius 3 is 2.83 bits per heavy atom. The molecule has 0 fully saturated rings. The summed E-state index contributed by atoms with van der Waals surface area (Å²) < 4.78 is 5.75. The van der Waals surface area contributed by atoms with Gasteiger partial charge in [-0.05, 0) is 42.8 Å². The summed E-state index contributed by atoms with van der Waals surface area (Å²) >= 11 is 12.2. The van der Waals surface area contributed by atoms with E-state index in [0.29, 0.717) is 44.7 Å². The van der Waals surface area contributed by atoms with Crippen molar-refractivity contribution >= 4 is 45.9 Å². The third kappa shape index (κ3) is 3.71. The molecule has 3 aromatic rings. The van der Waals surface area contributed by atoms with Crippen LogP contribution in [0.3, 0.4) is 0 Å². The van der Waals surface area contributed by atoms with E-state index < -0.39 is 0 Å². The van der Waals surface area contributed by atoms with Crippen LogP contribution in [0.1, 0.15) is 26.2 Å². The maximum Gasteiger partial charge on any atom is 0.228 e. The Morgan fingerprint density at radius 2 is 2.04 bits per heavy atom. The predicted octanol–water partition coefficient (Wildman–Crippen LogP) is 5.93. The van der Waals surface area contributed by atoms with Gasteiger partial charge in [0.1, 0.15) is 5.52 Å². The Bertz CT molecular complexity index is 890. The minimum atomic E-state index is -0.0190. The second-order valence-corrected chi connectivity index (χ2v) is 6.32. The van der Waals surface area contributed by atoms with Crippen molar-refractivity contribution in [3.63, 3.8) is 0 Å². The molecule has 24 heavy (non-hydrogen) atoms. The van der Waals surface area contributed by atoms with Gasteiger partial charge in [-0.2, -0.15) is 0 Å². The molecule has 0 radical (unpaired) electrons. The van der Waals surface area contributed by atoms with Gasteiger partial charge in [0.05, 0.1) is 10.6 Å². The predicted molar refractivity (Wildman–Crippen MR) is 97.6 cm³/mol. The van der Waals surface area contributed by atoms with Gasteiger partial charge < -0.3 is 9.73 Å². The third-order valence-electron chi connectivity index (χ3n) is 3.59. The molecule has 2 aromatic carbocycles. The van der Waals surface area contributed by atoms with Gasteiger partial charge in [0, 0.05) is 17.1 Å². The molecule has 0 spiro atoms. The van der Waals surface area contributed by atoms with E-state index in [2.05, 4.69) is 10.3 Å². The lowest BCUT2D eigenvalue weighted by atomic mass is 10.2. The molecule has 3 rings (SSSR count). The average molecular weight is 363 g/mol.